The molecular weight excluding hydrogens is 366 g/mol. The molecule has 0 aliphatic carbocycles. The number of rotatable bonds is 14. The van der Waals surface area contributed by atoms with E-state index in [1.807, 2.05) is 5.32 Å². The zero-order valence-corrected chi connectivity index (χ0v) is 14.6. The predicted octanol–water partition coefficient (Wildman–Crippen LogP) is -1.71. The molecule has 0 bridgehead atoms. The van der Waals surface area contributed by atoms with Crippen LogP contribution >= 0.6 is 0 Å². The molecule has 0 unspecified atom stereocenters. The van der Waals surface area contributed by atoms with E-state index in [0.717, 1.165) is 0 Å². The van der Waals surface area contributed by atoms with E-state index in [9.17, 15) is 28.8 Å². The van der Waals surface area contributed by atoms with Crippen LogP contribution in [0.2, 0.25) is 0 Å². The minimum atomic E-state index is -1.41. The van der Waals surface area contributed by atoms with E-state index in [4.69, 9.17) is 15.3 Å². The van der Waals surface area contributed by atoms with Crippen molar-refractivity contribution in [1.29, 1.82) is 0 Å². The molecule has 0 spiro atoms. The van der Waals surface area contributed by atoms with Gasteiger partial charge in [-0.15, -0.1) is 0 Å². The van der Waals surface area contributed by atoms with E-state index in [-0.39, 0.29) is 38.5 Å². The molecule has 0 radical (unpaired) electrons. The molecule has 3 atom stereocenters. The van der Waals surface area contributed by atoms with E-state index < -0.39 is 47.8 Å². The molecule has 27 heavy (non-hydrogen) atoms. The lowest BCUT2D eigenvalue weighted by atomic mass is 10.1. The van der Waals surface area contributed by atoms with Crippen LogP contribution in [0.15, 0.2) is 0 Å². The number of carboxylic acid groups (broad SMARTS) is 3. The molecule has 0 aromatic heterocycles. The van der Waals surface area contributed by atoms with Crippen LogP contribution in [0.1, 0.15) is 39.0 Å². The lowest BCUT2D eigenvalue weighted by molar-refractivity contribution is -0.143. The van der Waals surface area contributed by atoms with E-state index in [1.54, 1.807) is 6.92 Å². The topological polar surface area (TPSA) is 199 Å². The standard InChI is InChI=1S/C15H23N3O9/c1-2-8(13(22)23)17-11(20)6-4-10(15(26)27)18-12(21)5-3-9(14(24)25)16-7-19/h7-10H,2-6H2,1H3,(H,16,19)(H,17,20)(H,18,21)(H,22,23)(H,24,25)(H,26,27)/t8-,9-,10-/m1/s1. The molecule has 12 heteroatoms. The van der Waals surface area contributed by atoms with Crippen molar-refractivity contribution in [2.45, 2.75) is 57.2 Å². The largest absolute Gasteiger partial charge is 0.480 e. The summed E-state index contributed by atoms with van der Waals surface area (Å²) in [7, 11) is 0. The van der Waals surface area contributed by atoms with Crippen molar-refractivity contribution >= 4 is 36.1 Å². The van der Waals surface area contributed by atoms with Crippen LogP contribution in [0.25, 0.3) is 0 Å². The summed E-state index contributed by atoms with van der Waals surface area (Å²) in [4.78, 5) is 66.7. The lowest BCUT2D eigenvalue weighted by Crippen LogP contribution is -2.44. The van der Waals surface area contributed by atoms with Crippen LogP contribution < -0.4 is 16.0 Å². The van der Waals surface area contributed by atoms with Crippen LogP contribution in [0.5, 0.6) is 0 Å². The summed E-state index contributed by atoms with van der Waals surface area (Å²) in [6.07, 6.45) is -0.882. The molecule has 12 nitrogen and oxygen atoms in total. The van der Waals surface area contributed by atoms with E-state index >= 15 is 0 Å². The summed E-state index contributed by atoms with van der Waals surface area (Å²) in [5.74, 6) is -5.40. The summed E-state index contributed by atoms with van der Waals surface area (Å²) in [6.45, 7) is 1.56. The molecule has 0 saturated heterocycles. The highest BCUT2D eigenvalue weighted by atomic mass is 16.4. The molecule has 6 N–H and O–H groups in total. The molecule has 0 rings (SSSR count). The van der Waals surface area contributed by atoms with Gasteiger partial charge in [0.15, 0.2) is 0 Å². The Morgan fingerprint density at radius 3 is 1.56 bits per heavy atom. The van der Waals surface area contributed by atoms with E-state index in [2.05, 4.69) is 10.6 Å². The number of nitrogens with one attached hydrogen (secondary N) is 3. The van der Waals surface area contributed by atoms with E-state index in [1.165, 1.54) is 0 Å². The van der Waals surface area contributed by atoms with Crippen LogP contribution in [-0.4, -0.2) is 69.6 Å². The third-order valence-corrected chi connectivity index (χ3v) is 3.56. The second-order valence-corrected chi connectivity index (χ2v) is 5.58. The summed E-state index contributed by atoms with van der Waals surface area (Å²) in [5.41, 5.74) is 0. The van der Waals surface area contributed by atoms with Crippen molar-refractivity contribution in [2.75, 3.05) is 0 Å². The molecule has 0 aromatic carbocycles. The summed E-state index contributed by atoms with van der Waals surface area (Å²) >= 11 is 0. The van der Waals surface area contributed by atoms with Gasteiger partial charge in [-0.2, -0.15) is 0 Å². The van der Waals surface area contributed by atoms with Gasteiger partial charge in [0.1, 0.15) is 18.1 Å². The Labute approximate surface area is 154 Å². The first kappa shape index (κ1) is 23.8. The van der Waals surface area contributed by atoms with E-state index in [0.29, 0.717) is 0 Å². The lowest BCUT2D eigenvalue weighted by Gasteiger charge is -2.17. The second kappa shape index (κ2) is 12.2. The SMILES string of the molecule is CC[C@@H](NC(=O)CC[C@@H](NC(=O)CC[C@@H](NC=O)C(=O)O)C(=O)O)C(=O)O. The number of carbonyl (C=O) groups excluding carboxylic acids is 3. The summed E-state index contributed by atoms with van der Waals surface area (Å²) < 4.78 is 0. The zero-order chi connectivity index (χ0) is 21.0. The fraction of sp³-hybridized carbons (Fsp3) is 0.600. The molecule has 0 aromatic rings. The first-order chi connectivity index (χ1) is 12.6. The van der Waals surface area contributed by atoms with Crippen LogP contribution in [0.3, 0.4) is 0 Å². The highest BCUT2D eigenvalue weighted by Crippen LogP contribution is 2.03. The first-order valence-corrected chi connectivity index (χ1v) is 8.09. The molecule has 0 aliphatic rings. The fourth-order valence-electron chi connectivity index (χ4n) is 2.04. The van der Waals surface area contributed by atoms with Gasteiger partial charge in [0.05, 0.1) is 0 Å². The number of hydrogen-bond donors (Lipinski definition) is 6. The smallest absolute Gasteiger partial charge is 0.326 e. The fourth-order valence-corrected chi connectivity index (χ4v) is 2.04. The van der Waals surface area contributed by atoms with Gasteiger partial charge < -0.3 is 31.3 Å². The van der Waals surface area contributed by atoms with Crippen molar-refractivity contribution in [2.24, 2.45) is 0 Å². The number of hydrogen-bond acceptors (Lipinski definition) is 6. The van der Waals surface area contributed by atoms with Gasteiger partial charge in [-0.25, -0.2) is 14.4 Å². The van der Waals surface area contributed by atoms with Crippen LogP contribution in [0, 0.1) is 0 Å². The van der Waals surface area contributed by atoms with Gasteiger partial charge in [-0.3, -0.25) is 14.4 Å². The summed E-state index contributed by atoms with van der Waals surface area (Å²) in [6, 6.07) is -3.78. The quantitative estimate of drug-likeness (QED) is 0.187. The van der Waals surface area contributed by atoms with Gasteiger partial charge in [0.2, 0.25) is 18.2 Å². The molecular formula is C15H23N3O9. The third kappa shape index (κ3) is 9.77. The highest BCUT2D eigenvalue weighted by Gasteiger charge is 2.24. The Bertz CT molecular complexity index is 579. The first-order valence-electron chi connectivity index (χ1n) is 8.09. The normalized spacial score (nSPS) is 13.5. The molecule has 0 aliphatic heterocycles. The average molecular weight is 389 g/mol. The third-order valence-electron chi connectivity index (χ3n) is 3.56. The van der Waals surface area contributed by atoms with Crippen molar-refractivity contribution in [3.05, 3.63) is 0 Å². The number of carbonyl (C=O) groups is 6. The zero-order valence-electron chi connectivity index (χ0n) is 14.6. The number of amides is 3. The van der Waals surface area contributed by atoms with Crippen LogP contribution in [0.4, 0.5) is 0 Å². The Balaban J connectivity index is 4.55. The highest BCUT2D eigenvalue weighted by molar-refractivity contribution is 5.86. The minimum Gasteiger partial charge on any atom is -0.480 e. The summed E-state index contributed by atoms with van der Waals surface area (Å²) in [5, 5.41) is 33.2. The number of carboxylic acids is 3. The maximum atomic E-state index is 11.8. The van der Waals surface area contributed by atoms with Crippen LogP contribution in [-0.2, 0) is 28.8 Å². The van der Waals surface area contributed by atoms with Gasteiger partial charge in [0, 0.05) is 12.8 Å². The Hall–Kier alpha value is -3.18. The second-order valence-electron chi connectivity index (χ2n) is 5.58. The van der Waals surface area contributed by atoms with Gasteiger partial charge in [-0.05, 0) is 19.3 Å². The average Bonchev–Trinajstić information content (AvgIpc) is 2.59. The van der Waals surface area contributed by atoms with Gasteiger partial charge in [-0.1, -0.05) is 6.92 Å². The van der Waals surface area contributed by atoms with Crippen molar-refractivity contribution in [1.82, 2.24) is 16.0 Å². The van der Waals surface area contributed by atoms with Crippen molar-refractivity contribution in [3.63, 3.8) is 0 Å². The Morgan fingerprint density at radius 1 is 0.778 bits per heavy atom. The maximum Gasteiger partial charge on any atom is 0.326 e. The molecule has 3 amide bonds. The Kier molecular flexibility index (Phi) is 10.8. The molecule has 0 saturated carbocycles. The molecule has 152 valence electrons. The molecule has 0 fully saturated rings. The maximum absolute atomic E-state index is 11.8. The van der Waals surface area contributed by atoms with Gasteiger partial charge in [0.25, 0.3) is 0 Å². The monoisotopic (exact) mass is 389 g/mol. The number of aliphatic carboxylic acids is 3. The molecule has 0 heterocycles. The van der Waals surface area contributed by atoms with Crippen molar-refractivity contribution in [3.8, 4) is 0 Å². The van der Waals surface area contributed by atoms with Crippen molar-refractivity contribution < 1.29 is 44.1 Å². The Morgan fingerprint density at radius 2 is 1.19 bits per heavy atom. The minimum absolute atomic E-state index is 0.153. The predicted molar refractivity (Wildman–Crippen MR) is 88.5 cm³/mol. The van der Waals surface area contributed by atoms with Gasteiger partial charge >= 0.3 is 17.9 Å².